The number of aryl methyl sites for hydroxylation is 2. The molecule has 0 saturated heterocycles. The normalized spacial score (nSPS) is 12.0. The van der Waals surface area contributed by atoms with Crippen molar-refractivity contribution < 1.29 is 14.6 Å². The van der Waals surface area contributed by atoms with Gasteiger partial charge in [0.25, 0.3) is 0 Å². The topological polar surface area (TPSA) is 38.7 Å². The first-order valence-electron chi connectivity index (χ1n) is 7.05. The Morgan fingerprint density at radius 3 is 2.29 bits per heavy atom. The molecule has 0 fully saturated rings. The first kappa shape index (κ1) is 15.4. The average Bonchev–Trinajstić information content (AvgIpc) is 2.43. The van der Waals surface area contributed by atoms with Gasteiger partial charge in [0.05, 0.1) is 13.2 Å². The highest BCUT2D eigenvalue weighted by atomic mass is 16.5. The van der Waals surface area contributed by atoms with E-state index in [0.717, 1.165) is 16.9 Å². The number of aliphatic hydroxyl groups excluding tert-OH is 1. The van der Waals surface area contributed by atoms with E-state index in [-0.39, 0.29) is 0 Å². The zero-order chi connectivity index (χ0) is 15.4. The fourth-order valence-electron chi connectivity index (χ4n) is 2.43. The maximum Gasteiger partial charge on any atom is 0.129 e. The molecule has 21 heavy (non-hydrogen) atoms. The Hall–Kier alpha value is -2.00. The molecule has 0 bridgehead atoms. The number of benzene rings is 2. The molecule has 0 spiro atoms. The Bertz CT molecular complexity index is 598. The number of hydrogen-bond acceptors (Lipinski definition) is 3. The Kier molecular flexibility index (Phi) is 4.86. The van der Waals surface area contributed by atoms with Gasteiger partial charge in [0.1, 0.15) is 18.1 Å². The summed E-state index contributed by atoms with van der Waals surface area (Å²) in [5, 5.41) is 9.83. The van der Waals surface area contributed by atoms with Gasteiger partial charge in [-0.15, -0.1) is 0 Å². The van der Waals surface area contributed by atoms with Gasteiger partial charge in [-0.3, -0.25) is 0 Å². The molecule has 0 amide bonds. The molecule has 0 aliphatic heterocycles. The molecule has 2 aromatic carbocycles. The molecule has 1 N–H and O–H groups in total. The maximum atomic E-state index is 9.83. The molecule has 3 nitrogen and oxygen atoms in total. The van der Waals surface area contributed by atoms with E-state index in [1.807, 2.05) is 18.2 Å². The van der Waals surface area contributed by atoms with Crippen LogP contribution < -0.4 is 9.47 Å². The number of rotatable bonds is 5. The van der Waals surface area contributed by atoms with Crippen molar-refractivity contribution in [2.24, 2.45) is 0 Å². The molecule has 2 aromatic rings. The zero-order valence-corrected chi connectivity index (χ0v) is 13.0. The quantitative estimate of drug-likeness (QED) is 0.904. The van der Waals surface area contributed by atoms with Gasteiger partial charge in [0.15, 0.2) is 0 Å². The van der Waals surface area contributed by atoms with Crippen molar-refractivity contribution in [3.05, 3.63) is 58.7 Å². The summed E-state index contributed by atoms with van der Waals surface area (Å²) < 4.78 is 11.1. The zero-order valence-electron chi connectivity index (χ0n) is 13.0. The van der Waals surface area contributed by atoms with Crippen LogP contribution in [0.1, 0.15) is 35.3 Å². The lowest BCUT2D eigenvalue weighted by Crippen LogP contribution is -2.02. The molecule has 0 aliphatic carbocycles. The van der Waals surface area contributed by atoms with Crippen molar-refractivity contribution in [3.63, 3.8) is 0 Å². The van der Waals surface area contributed by atoms with Crippen LogP contribution in [0.25, 0.3) is 0 Å². The number of hydrogen-bond donors (Lipinski definition) is 1. The molecule has 0 saturated carbocycles. The second-order valence-electron chi connectivity index (χ2n) is 5.36. The van der Waals surface area contributed by atoms with Crippen LogP contribution >= 0.6 is 0 Å². The summed E-state index contributed by atoms with van der Waals surface area (Å²) in [5.74, 6) is 1.37. The third-order valence-electron chi connectivity index (χ3n) is 3.35. The molecule has 0 aliphatic rings. The Morgan fingerprint density at radius 2 is 1.71 bits per heavy atom. The van der Waals surface area contributed by atoms with Crippen LogP contribution in [-0.4, -0.2) is 12.2 Å². The molecular weight excluding hydrogens is 264 g/mol. The second-order valence-corrected chi connectivity index (χ2v) is 5.36. The van der Waals surface area contributed by atoms with Crippen molar-refractivity contribution in [3.8, 4) is 11.5 Å². The van der Waals surface area contributed by atoms with Crippen LogP contribution in [-0.2, 0) is 6.61 Å². The minimum Gasteiger partial charge on any atom is -0.497 e. The lowest BCUT2D eigenvalue weighted by Gasteiger charge is -2.15. The van der Waals surface area contributed by atoms with Gasteiger partial charge >= 0.3 is 0 Å². The third kappa shape index (κ3) is 3.99. The number of ether oxygens (including phenoxy) is 2. The Labute approximate surface area is 126 Å². The summed E-state index contributed by atoms with van der Waals surface area (Å²) in [4.78, 5) is 0. The van der Waals surface area contributed by atoms with E-state index in [0.29, 0.717) is 12.4 Å². The monoisotopic (exact) mass is 286 g/mol. The summed E-state index contributed by atoms with van der Waals surface area (Å²) in [7, 11) is 1.62. The van der Waals surface area contributed by atoms with Crippen molar-refractivity contribution >= 4 is 0 Å². The first-order valence-corrected chi connectivity index (χ1v) is 7.05. The van der Waals surface area contributed by atoms with Crippen LogP contribution in [0.15, 0.2) is 36.4 Å². The first-order chi connectivity index (χ1) is 9.99. The lowest BCUT2D eigenvalue weighted by atomic mass is 10.1. The summed E-state index contributed by atoms with van der Waals surface area (Å²) in [6, 6.07) is 11.8. The maximum absolute atomic E-state index is 9.83. The fraction of sp³-hybridized carbons (Fsp3) is 0.333. The summed E-state index contributed by atoms with van der Waals surface area (Å²) in [6.07, 6.45) is -0.579. The van der Waals surface area contributed by atoms with E-state index in [2.05, 4.69) is 32.0 Å². The minimum absolute atomic E-state index is 0.468. The van der Waals surface area contributed by atoms with E-state index in [1.54, 1.807) is 14.0 Å². The van der Waals surface area contributed by atoms with E-state index in [1.165, 1.54) is 11.1 Å². The Balaban J connectivity index is 2.21. The largest absolute Gasteiger partial charge is 0.497 e. The van der Waals surface area contributed by atoms with Crippen molar-refractivity contribution in [1.29, 1.82) is 0 Å². The van der Waals surface area contributed by atoms with Crippen LogP contribution in [0, 0.1) is 13.8 Å². The van der Waals surface area contributed by atoms with Crippen LogP contribution in [0.5, 0.6) is 11.5 Å². The molecule has 1 unspecified atom stereocenters. The van der Waals surface area contributed by atoms with E-state index in [4.69, 9.17) is 9.47 Å². The smallest absolute Gasteiger partial charge is 0.129 e. The van der Waals surface area contributed by atoms with Crippen molar-refractivity contribution in [2.45, 2.75) is 33.5 Å². The second kappa shape index (κ2) is 6.64. The van der Waals surface area contributed by atoms with Gasteiger partial charge in [0.2, 0.25) is 0 Å². The molecule has 112 valence electrons. The van der Waals surface area contributed by atoms with Gasteiger partial charge in [-0.2, -0.15) is 0 Å². The lowest BCUT2D eigenvalue weighted by molar-refractivity contribution is 0.190. The SMILES string of the molecule is COc1ccc(C(C)O)c(OCc2cc(C)cc(C)c2)c1. The van der Waals surface area contributed by atoms with Crippen LogP contribution in [0.3, 0.4) is 0 Å². The standard InChI is InChI=1S/C18H22O3/c1-12-7-13(2)9-15(8-12)11-21-18-10-16(20-4)5-6-17(18)14(3)19/h5-10,14,19H,11H2,1-4H3. The van der Waals surface area contributed by atoms with Gasteiger partial charge in [-0.1, -0.05) is 29.3 Å². The highest BCUT2D eigenvalue weighted by Crippen LogP contribution is 2.30. The molecule has 3 heteroatoms. The highest BCUT2D eigenvalue weighted by Gasteiger charge is 2.11. The number of aliphatic hydroxyl groups is 1. The van der Waals surface area contributed by atoms with E-state index in [9.17, 15) is 5.11 Å². The summed E-state index contributed by atoms with van der Waals surface area (Å²) in [6.45, 7) is 6.34. The highest BCUT2D eigenvalue weighted by molar-refractivity contribution is 5.42. The average molecular weight is 286 g/mol. The molecule has 0 aromatic heterocycles. The Morgan fingerprint density at radius 1 is 1.05 bits per heavy atom. The number of methoxy groups -OCH3 is 1. The van der Waals surface area contributed by atoms with Gasteiger partial charge < -0.3 is 14.6 Å². The molecule has 2 rings (SSSR count). The van der Waals surface area contributed by atoms with Gasteiger partial charge in [-0.25, -0.2) is 0 Å². The molecule has 0 heterocycles. The predicted molar refractivity (Wildman–Crippen MR) is 83.9 cm³/mol. The van der Waals surface area contributed by atoms with Crippen molar-refractivity contribution in [2.75, 3.05) is 7.11 Å². The van der Waals surface area contributed by atoms with Crippen LogP contribution in [0.4, 0.5) is 0 Å². The predicted octanol–water partition coefficient (Wildman–Crippen LogP) is 3.94. The van der Waals surface area contributed by atoms with Gasteiger partial charge in [-0.05, 0) is 38.5 Å². The van der Waals surface area contributed by atoms with Crippen LogP contribution in [0.2, 0.25) is 0 Å². The molecular formula is C18H22O3. The van der Waals surface area contributed by atoms with E-state index < -0.39 is 6.10 Å². The minimum atomic E-state index is -0.579. The molecule has 0 radical (unpaired) electrons. The summed E-state index contributed by atoms with van der Waals surface area (Å²) in [5.41, 5.74) is 4.32. The fourth-order valence-corrected chi connectivity index (χ4v) is 2.43. The van der Waals surface area contributed by atoms with Gasteiger partial charge in [0, 0.05) is 11.6 Å². The van der Waals surface area contributed by atoms with E-state index >= 15 is 0 Å². The third-order valence-corrected chi connectivity index (χ3v) is 3.35. The van der Waals surface area contributed by atoms with Crippen molar-refractivity contribution in [1.82, 2.24) is 0 Å². The molecule has 1 atom stereocenters. The summed E-state index contributed by atoms with van der Waals surface area (Å²) >= 11 is 0.